The maximum atomic E-state index is 9.14. The van der Waals surface area contributed by atoms with Gasteiger partial charge in [-0.15, -0.1) is 0 Å². The second-order valence-electron chi connectivity index (χ2n) is 5.95. The Kier molecular flexibility index (Phi) is 4.15. The van der Waals surface area contributed by atoms with E-state index in [1.54, 1.807) is 24.7 Å². The van der Waals surface area contributed by atoms with Gasteiger partial charge in [0.05, 0.1) is 29.2 Å². The largest absolute Gasteiger partial charge is 0.326 e. The zero-order chi connectivity index (χ0) is 17.9. The average molecular weight is 343 g/mol. The smallest absolute Gasteiger partial charge is 0.195 e. The van der Waals surface area contributed by atoms with Crippen molar-refractivity contribution in [1.82, 2.24) is 29.1 Å². The second kappa shape index (κ2) is 6.76. The van der Waals surface area contributed by atoms with Crippen molar-refractivity contribution in [2.75, 3.05) is 0 Å². The molecule has 0 saturated carbocycles. The molecule has 0 radical (unpaired) electrons. The third kappa shape index (κ3) is 2.82. The van der Waals surface area contributed by atoms with Gasteiger partial charge in [-0.3, -0.25) is 0 Å². The molecule has 0 fully saturated rings. The predicted octanol–water partition coefficient (Wildman–Crippen LogP) is 3.02. The van der Waals surface area contributed by atoms with Crippen LogP contribution in [0.2, 0.25) is 0 Å². The SMILES string of the molecule is CCCn1c(Cn2ccnc2-c2ncccn2)nc2cc(C#N)ccc21. The minimum absolute atomic E-state index is 0.560. The van der Waals surface area contributed by atoms with E-state index in [1.807, 2.05) is 29.0 Å². The van der Waals surface area contributed by atoms with Gasteiger partial charge in [0.1, 0.15) is 5.82 Å². The number of hydrogen-bond acceptors (Lipinski definition) is 5. The van der Waals surface area contributed by atoms with Crippen LogP contribution in [0.25, 0.3) is 22.7 Å². The number of fused-ring (bicyclic) bond motifs is 1. The number of hydrogen-bond donors (Lipinski definition) is 0. The van der Waals surface area contributed by atoms with Crippen molar-refractivity contribution in [1.29, 1.82) is 5.26 Å². The average Bonchev–Trinajstić information content (AvgIpc) is 3.27. The minimum atomic E-state index is 0.560. The van der Waals surface area contributed by atoms with Crippen molar-refractivity contribution < 1.29 is 0 Å². The molecule has 0 saturated heterocycles. The number of benzene rings is 1. The maximum absolute atomic E-state index is 9.14. The standard InChI is InChI=1S/C19H17N7/c1-2-9-26-16-5-4-14(12-20)11-15(16)24-17(26)13-25-10-8-23-19(25)18-21-6-3-7-22-18/h3-8,10-11H,2,9,13H2,1H3. The summed E-state index contributed by atoms with van der Waals surface area (Å²) in [7, 11) is 0. The molecule has 3 heterocycles. The third-order valence-electron chi connectivity index (χ3n) is 4.20. The lowest BCUT2D eigenvalue weighted by atomic mass is 10.2. The van der Waals surface area contributed by atoms with Gasteiger partial charge in [-0.1, -0.05) is 6.92 Å². The van der Waals surface area contributed by atoms with Crippen molar-refractivity contribution in [3.8, 4) is 17.7 Å². The molecule has 1 aromatic carbocycles. The summed E-state index contributed by atoms with van der Waals surface area (Å²) in [4.78, 5) is 17.7. The quantitative estimate of drug-likeness (QED) is 0.556. The fourth-order valence-electron chi connectivity index (χ4n) is 3.05. The van der Waals surface area contributed by atoms with E-state index in [4.69, 9.17) is 10.2 Å². The summed E-state index contributed by atoms with van der Waals surface area (Å²) in [6.07, 6.45) is 8.06. The zero-order valence-electron chi connectivity index (χ0n) is 14.4. The molecule has 7 heteroatoms. The Balaban J connectivity index is 1.77. The Morgan fingerprint density at radius 2 is 1.96 bits per heavy atom. The van der Waals surface area contributed by atoms with Crippen molar-refractivity contribution >= 4 is 11.0 Å². The number of imidazole rings is 2. The normalized spacial score (nSPS) is 10.9. The van der Waals surface area contributed by atoms with E-state index in [0.29, 0.717) is 23.8 Å². The maximum Gasteiger partial charge on any atom is 0.195 e. The molecule has 0 bridgehead atoms. The molecule has 0 aliphatic rings. The van der Waals surface area contributed by atoms with Gasteiger partial charge < -0.3 is 9.13 Å². The van der Waals surface area contributed by atoms with Crippen LogP contribution in [0.15, 0.2) is 49.1 Å². The molecule has 0 amide bonds. The van der Waals surface area contributed by atoms with E-state index in [1.165, 1.54) is 0 Å². The van der Waals surface area contributed by atoms with Crippen LogP contribution in [-0.2, 0) is 13.1 Å². The summed E-state index contributed by atoms with van der Waals surface area (Å²) in [6, 6.07) is 9.59. The van der Waals surface area contributed by atoms with Gasteiger partial charge in [-0.25, -0.2) is 19.9 Å². The van der Waals surface area contributed by atoms with Crippen LogP contribution in [0.4, 0.5) is 0 Å². The Bertz CT molecular complexity index is 1090. The van der Waals surface area contributed by atoms with E-state index >= 15 is 0 Å². The molecule has 128 valence electrons. The van der Waals surface area contributed by atoms with Crippen LogP contribution in [0.3, 0.4) is 0 Å². The lowest BCUT2D eigenvalue weighted by Crippen LogP contribution is -2.10. The first-order valence-electron chi connectivity index (χ1n) is 8.48. The highest BCUT2D eigenvalue weighted by molar-refractivity contribution is 5.77. The highest BCUT2D eigenvalue weighted by Gasteiger charge is 2.14. The fraction of sp³-hybridized carbons (Fsp3) is 0.211. The lowest BCUT2D eigenvalue weighted by molar-refractivity contribution is 0.626. The van der Waals surface area contributed by atoms with E-state index in [0.717, 1.165) is 29.8 Å². The molecular formula is C19H17N7. The van der Waals surface area contributed by atoms with Crippen molar-refractivity contribution in [2.24, 2.45) is 0 Å². The molecule has 26 heavy (non-hydrogen) atoms. The first-order valence-corrected chi connectivity index (χ1v) is 8.48. The predicted molar refractivity (Wildman–Crippen MR) is 97.1 cm³/mol. The summed E-state index contributed by atoms with van der Waals surface area (Å²) in [5, 5.41) is 9.14. The summed E-state index contributed by atoms with van der Waals surface area (Å²) in [6.45, 7) is 3.56. The minimum Gasteiger partial charge on any atom is -0.326 e. The van der Waals surface area contributed by atoms with Crippen molar-refractivity contribution in [3.63, 3.8) is 0 Å². The number of aromatic nitrogens is 6. The van der Waals surface area contributed by atoms with Crippen LogP contribution >= 0.6 is 0 Å². The molecule has 4 aromatic rings. The molecular weight excluding hydrogens is 326 g/mol. The molecule has 0 spiro atoms. The van der Waals surface area contributed by atoms with Gasteiger partial charge in [0.25, 0.3) is 0 Å². The van der Waals surface area contributed by atoms with Gasteiger partial charge in [-0.05, 0) is 30.7 Å². The highest BCUT2D eigenvalue weighted by atomic mass is 15.2. The molecule has 0 N–H and O–H groups in total. The third-order valence-corrected chi connectivity index (χ3v) is 4.20. The van der Waals surface area contributed by atoms with Gasteiger partial charge >= 0.3 is 0 Å². The monoisotopic (exact) mass is 343 g/mol. The first-order chi connectivity index (χ1) is 12.8. The van der Waals surface area contributed by atoms with E-state index in [9.17, 15) is 0 Å². The fourth-order valence-corrected chi connectivity index (χ4v) is 3.05. The molecule has 0 atom stereocenters. The van der Waals surface area contributed by atoms with E-state index in [-0.39, 0.29) is 0 Å². The van der Waals surface area contributed by atoms with Gasteiger partial charge in [0.15, 0.2) is 11.6 Å². The van der Waals surface area contributed by atoms with Gasteiger partial charge in [0, 0.05) is 31.3 Å². The lowest BCUT2D eigenvalue weighted by Gasteiger charge is -2.10. The Hall–Kier alpha value is -3.53. The van der Waals surface area contributed by atoms with Crippen LogP contribution in [0, 0.1) is 11.3 Å². The summed E-state index contributed by atoms with van der Waals surface area (Å²) >= 11 is 0. The number of nitrogens with zero attached hydrogens (tertiary/aromatic N) is 7. The number of nitriles is 1. The summed E-state index contributed by atoms with van der Waals surface area (Å²) in [5.41, 5.74) is 2.50. The molecule has 0 unspecified atom stereocenters. The van der Waals surface area contributed by atoms with Crippen LogP contribution in [0.1, 0.15) is 24.7 Å². The molecule has 0 aliphatic carbocycles. The van der Waals surface area contributed by atoms with E-state index < -0.39 is 0 Å². The van der Waals surface area contributed by atoms with Crippen LogP contribution in [0.5, 0.6) is 0 Å². The Morgan fingerprint density at radius 3 is 2.73 bits per heavy atom. The number of aryl methyl sites for hydroxylation is 1. The first kappa shape index (κ1) is 16.0. The van der Waals surface area contributed by atoms with E-state index in [2.05, 4.69) is 32.5 Å². The number of rotatable bonds is 5. The highest BCUT2D eigenvalue weighted by Crippen LogP contribution is 2.21. The zero-order valence-corrected chi connectivity index (χ0v) is 14.4. The van der Waals surface area contributed by atoms with Crippen LogP contribution in [-0.4, -0.2) is 29.1 Å². The van der Waals surface area contributed by atoms with Gasteiger partial charge in [0.2, 0.25) is 0 Å². The summed E-state index contributed by atoms with van der Waals surface area (Å²) < 4.78 is 4.19. The summed E-state index contributed by atoms with van der Waals surface area (Å²) in [5.74, 6) is 2.22. The Morgan fingerprint density at radius 1 is 1.12 bits per heavy atom. The molecule has 7 nitrogen and oxygen atoms in total. The topological polar surface area (TPSA) is 85.2 Å². The van der Waals surface area contributed by atoms with Crippen molar-refractivity contribution in [3.05, 3.63) is 60.4 Å². The van der Waals surface area contributed by atoms with Gasteiger partial charge in [-0.2, -0.15) is 5.26 Å². The Labute approximate surface area is 150 Å². The second-order valence-corrected chi connectivity index (χ2v) is 5.95. The molecule has 4 rings (SSSR count). The molecule has 3 aromatic heterocycles. The molecule has 0 aliphatic heterocycles. The van der Waals surface area contributed by atoms with Crippen molar-refractivity contribution in [2.45, 2.75) is 26.4 Å². The van der Waals surface area contributed by atoms with Crippen LogP contribution < -0.4 is 0 Å².